The summed E-state index contributed by atoms with van der Waals surface area (Å²) in [5, 5.41) is 18.2. The highest BCUT2D eigenvalue weighted by Crippen LogP contribution is 2.45. The van der Waals surface area contributed by atoms with Crippen molar-refractivity contribution >= 4 is 17.2 Å². The van der Waals surface area contributed by atoms with E-state index in [1.54, 1.807) is 11.3 Å². The minimum Gasteiger partial charge on any atom is -0.383 e. The molecule has 4 heteroatoms. The van der Waals surface area contributed by atoms with Crippen molar-refractivity contribution in [3.8, 4) is 11.1 Å². The van der Waals surface area contributed by atoms with Crippen molar-refractivity contribution in [2.75, 3.05) is 6.54 Å². The lowest BCUT2D eigenvalue weighted by Gasteiger charge is -2.29. The van der Waals surface area contributed by atoms with Crippen molar-refractivity contribution in [1.82, 2.24) is 5.32 Å². The van der Waals surface area contributed by atoms with Gasteiger partial charge in [0.2, 0.25) is 0 Å². The quantitative estimate of drug-likeness (QED) is 0.680. The van der Waals surface area contributed by atoms with Crippen LogP contribution in [0.25, 0.3) is 11.1 Å². The fraction of sp³-hybridized carbons (Fsp3) is 0.227. The summed E-state index contributed by atoms with van der Waals surface area (Å²) in [6, 6.07) is 19.3. The van der Waals surface area contributed by atoms with Crippen molar-refractivity contribution in [1.29, 1.82) is 0 Å². The SMILES string of the molecule is O=C(NC[C@](O)(c1ccccc1)C1CC1)c1ccc(-c2ccsc2)cc1. The molecule has 1 aliphatic carbocycles. The van der Waals surface area contributed by atoms with Gasteiger partial charge in [0.1, 0.15) is 5.60 Å². The molecular weight excluding hydrogens is 342 g/mol. The average molecular weight is 363 g/mol. The Hall–Kier alpha value is -2.43. The van der Waals surface area contributed by atoms with Crippen LogP contribution >= 0.6 is 11.3 Å². The van der Waals surface area contributed by atoms with E-state index in [0.717, 1.165) is 29.5 Å². The van der Waals surface area contributed by atoms with E-state index in [1.165, 1.54) is 0 Å². The first-order chi connectivity index (χ1) is 12.7. The van der Waals surface area contributed by atoms with Crippen molar-refractivity contribution in [3.05, 3.63) is 82.6 Å². The molecule has 0 aliphatic heterocycles. The Morgan fingerprint density at radius 3 is 2.38 bits per heavy atom. The number of thiophene rings is 1. The highest BCUT2D eigenvalue weighted by Gasteiger charge is 2.45. The first-order valence-electron chi connectivity index (χ1n) is 8.85. The number of hydrogen-bond acceptors (Lipinski definition) is 3. The number of carbonyl (C=O) groups excluding carboxylic acids is 1. The zero-order valence-corrected chi connectivity index (χ0v) is 15.2. The Kier molecular flexibility index (Phi) is 4.62. The normalized spacial score (nSPS) is 16.0. The lowest BCUT2D eigenvalue weighted by atomic mass is 9.88. The lowest BCUT2D eigenvalue weighted by Crippen LogP contribution is -2.42. The molecule has 3 nitrogen and oxygen atoms in total. The molecule has 1 atom stereocenters. The molecule has 0 spiro atoms. The van der Waals surface area contributed by atoms with Crippen LogP contribution in [0.5, 0.6) is 0 Å². The maximum atomic E-state index is 12.5. The van der Waals surface area contributed by atoms with Gasteiger partial charge < -0.3 is 10.4 Å². The average Bonchev–Trinajstić information content (AvgIpc) is 3.42. The molecule has 26 heavy (non-hydrogen) atoms. The van der Waals surface area contributed by atoms with Gasteiger partial charge in [-0.2, -0.15) is 11.3 Å². The molecule has 0 bridgehead atoms. The molecule has 0 saturated heterocycles. The number of aliphatic hydroxyl groups is 1. The molecule has 1 amide bonds. The Bertz CT molecular complexity index is 870. The summed E-state index contributed by atoms with van der Waals surface area (Å²) in [5.74, 6) is 0.0584. The minimum atomic E-state index is -0.993. The highest BCUT2D eigenvalue weighted by molar-refractivity contribution is 7.08. The van der Waals surface area contributed by atoms with Gasteiger partial charge in [-0.1, -0.05) is 42.5 Å². The molecule has 3 aromatic rings. The second kappa shape index (κ2) is 7.06. The summed E-state index contributed by atoms with van der Waals surface area (Å²) in [4.78, 5) is 12.5. The van der Waals surface area contributed by atoms with E-state index in [9.17, 15) is 9.90 Å². The van der Waals surface area contributed by atoms with Crippen LogP contribution in [0.1, 0.15) is 28.8 Å². The van der Waals surface area contributed by atoms with Crippen molar-refractivity contribution in [2.45, 2.75) is 18.4 Å². The molecule has 4 rings (SSSR count). The molecule has 0 unspecified atom stereocenters. The first kappa shape index (κ1) is 17.0. The number of carbonyl (C=O) groups is 1. The summed E-state index contributed by atoms with van der Waals surface area (Å²) in [6.07, 6.45) is 1.99. The zero-order valence-electron chi connectivity index (χ0n) is 14.4. The maximum Gasteiger partial charge on any atom is 0.251 e. The summed E-state index contributed by atoms with van der Waals surface area (Å²) in [6.45, 7) is 0.229. The maximum absolute atomic E-state index is 12.5. The predicted molar refractivity (Wildman–Crippen MR) is 105 cm³/mol. The van der Waals surface area contributed by atoms with E-state index in [1.807, 2.05) is 60.0 Å². The summed E-state index contributed by atoms with van der Waals surface area (Å²) < 4.78 is 0. The van der Waals surface area contributed by atoms with Crippen LogP contribution in [0.15, 0.2) is 71.4 Å². The van der Waals surface area contributed by atoms with Crippen molar-refractivity contribution in [2.24, 2.45) is 5.92 Å². The largest absolute Gasteiger partial charge is 0.383 e. The second-order valence-electron chi connectivity index (χ2n) is 6.84. The molecule has 1 fully saturated rings. The van der Waals surface area contributed by atoms with Gasteiger partial charge in [-0.05, 0) is 64.4 Å². The van der Waals surface area contributed by atoms with Gasteiger partial charge >= 0.3 is 0 Å². The molecule has 0 radical (unpaired) electrons. The molecule has 2 N–H and O–H groups in total. The fourth-order valence-electron chi connectivity index (χ4n) is 3.33. The highest BCUT2D eigenvalue weighted by atomic mass is 32.1. The van der Waals surface area contributed by atoms with Crippen LogP contribution in [0.3, 0.4) is 0 Å². The molecule has 1 saturated carbocycles. The van der Waals surface area contributed by atoms with Crippen LogP contribution in [0.2, 0.25) is 0 Å². The van der Waals surface area contributed by atoms with Crippen LogP contribution < -0.4 is 5.32 Å². The Morgan fingerprint density at radius 1 is 1.04 bits per heavy atom. The van der Waals surface area contributed by atoms with E-state index in [2.05, 4.69) is 16.8 Å². The van der Waals surface area contributed by atoms with E-state index in [4.69, 9.17) is 0 Å². The molecular formula is C22H21NO2S. The number of rotatable bonds is 6. The zero-order chi connectivity index (χ0) is 18.0. The van der Waals surface area contributed by atoms with E-state index in [0.29, 0.717) is 5.56 Å². The van der Waals surface area contributed by atoms with Crippen molar-refractivity contribution < 1.29 is 9.90 Å². The van der Waals surface area contributed by atoms with Gasteiger partial charge in [-0.15, -0.1) is 0 Å². The van der Waals surface area contributed by atoms with Crippen LogP contribution in [0.4, 0.5) is 0 Å². The monoisotopic (exact) mass is 363 g/mol. The van der Waals surface area contributed by atoms with Gasteiger partial charge in [0, 0.05) is 5.56 Å². The van der Waals surface area contributed by atoms with Crippen LogP contribution in [0, 0.1) is 5.92 Å². The van der Waals surface area contributed by atoms with E-state index in [-0.39, 0.29) is 18.4 Å². The summed E-state index contributed by atoms with van der Waals surface area (Å²) in [7, 11) is 0. The predicted octanol–water partition coefficient (Wildman–Crippen LogP) is 4.44. The van der Waals surface area contributed by atoms with Gasteiger partial charge in [0.05, 0.1) is 6.54 Å². The number of amides is 1. The molecule has 1 aromatic heterocycles. The third-order valence-corrected chi connectivity index (χ3v) is 5.73. The van der Waals surface area contributed by atoms with Crippen LogP contribution in [-0.2, 0) is 5.60 Å². The van der Waals surface area contributed by atoms with Gasteiger partial charge in [-0.25, -0.2) is 0 Å². The smallest absolute Gasteiger partial charge is 0.251 e. The van der Waals surface area contributed by atoms with E-state index >= 15 is 0 Å². The molecule has 1 heterocycles. The Labute approximate surface area is 157 Å². The van der Waals surface area contributed by atoms with E-state index < -0.39 is 5.60 Å². The molecule has 1 aliphatic rings. The lowest BCUT2D eigenvalue weighted by molar-refractivity contribution is 0.0135. The second-order valence-corrected chi connectivity index (χ2v) is 7.62. The third kappa shape index (κ3) is 3.43. The summed E-state index contributed by atoms with van der Waals surface area (Å²) in [5.41, 5.74) is 2.74. The molecule has 132 valence electrons. The fourth-order valence-corrected chi connectivity index (χ4v) is 3.99. The van der Waals surface area contributed by atoms with Gasteiger partial charge in [0.25, 0.3) is 5.91 Å². The minimum absolute atomic E-state index is 0.156. The Morgan fingerprint density at radius 2 is 1.77 bits per heavy atom. The van der Waals surface area contributed by atoms with Gasteiger partial charge in [0.15, 0.2) is 0 Å². The van der Waals surface area contributed by atoms with Crippen LogP contribution in [-0.4, -0.2) is 17.6 Å². The van der Waals surface area contributed by atoms with Crippen molar-refractivity contribution in [3.63, 3.8) is 0 Å². The molecule has 2 aromatic carbocycles. The third-order valence-electron chi connectivity index (χ3n) is 5.05. The number of hydrogen-bond donors (Lipinski definition) is 2. The topological polar surface area (TPSA) is 49.3 Å². The summed E-state index contributed by atoms with van der Waals surface area (Å²) >= 11 is 1.66. The standard InChI is InChI=1S/C22H21NO2S/c24-21(17-8-6-16(7-9-17)18-12-13-26-14-18)23-15-22(25,20-10-11-20)19-4-2-1-3-5-19/h1-9,12-14,20,25H,10-11,15H2,(H,23,24)/t22-/m0/s1. The Balaban J connectivity index is 1.46. The van der Waals surface area contributed by atoms with Gasteiger partial charge in [-0.3, -0.25) is 4.79 Å². The number of benzene rings is 2. The first-order valence-corrected chi connectivity index (χ1v) is 9.80. The number of nitrogens with one attached hydrogen (secondary N) is 1.